The molecule has 0 bridgehead atoms. The summed E-state index contributed by atoms with van der Waals surface area (Å²) in [6.07, 6.45) is 14.5. The second-order valence-electron chi connectivity index (χ2n) is 14.3. The lowest BCUT2D eigenvalue weighted by Crippen LogP contribution is -2.42. The van der Waals surface area contributed by atoms with E-state index in [1.54, 1.807) is 0 Å². The van der Waals surface area contributed by atoms with Crippen LogP contribution in [0.4, 0.5) is 22.7 Å². The van der Waals surface area contributed by atoms with E-state index in [9.17, 15) is 0 Å². The average Bonchev–Trinajstić information content (AvgIpc) is 3.09. The zero-order chi connectivity index (χ0) is 32.6. The highest BCUT2D eigenvalue weighted by Gasteiger charge is 2.34. The van der Waals surface area contributed by atoms with Crippen molar-refractivity contribution in [1.82, 2.24) is 0 Å². The molecule has 2 nitrogen and oxygen atoms in total. The van der Waals surface area contributed by atoms with Crippen LogP contribution in [0, 0.1) is 5.92 Å². The maximum Gasteiger partial charge on any atom is 0.0643 e. The van der Waals surface area contributed by atoms with Gasteiger partial charge in [-0.05, 0) is 108 Å². The van der Waals surface area contributed by atoms with Gasteiger partial charge in [0.2, 0.25) is 0 Å². The lowest BCUT2D eigenvalue weighted by molar-refractivity contribution is 0.498. The summed E-state index contributed by atoms with van der Waals surface area (Å²) in [6, 6.07) is 44.4. The first-order chi connectivity index (χ1) is 22.7. The van der Waals surface area contributed by atoms with Crippen molar-refractivity contribution in [2.75, 3.05) is 9.80 Å². The van der Waals surface area contributed by atoms with Gasteiger partial charge in [-0.3, -0.25) is 0 Å². The molecular formula is C45H44N2. The molecule has 0 spiro atoms. The van der Waals surface area contributed by atoms with Gasteiger partial charge in [0.1, 0.15) is 0 Å². The molecule has 0 radical (unpaired) electrons. The maximum absolute atomic E-state index is 2.56. The highest BCUT2D eigenvalue weighted by Crippen LogP contribution is 2.43. The van der Waals surface area contributed by atoms with Crippen molar-refractivity contribution >= 4 is 33.5 Å². The summed E-state index contributed by atoms with van der Waals surface area (Å²) in [5.41, 5.74) is 9.77. The van der Waals surface area contributed by atoms with Crippen molar-refractivity contribution in [3.63, 3.8) is 0 Å². The van der Waals surface area contributed by atoms with Crippen LogP contribution in [0.15, 0.2) is 169 Å². The van der Waals surface area contributed by atoms with Gasteiger partial charge in [0.25, 0.3) is 0 Å². The van der Waals surface area contributed by atoms with Crippen molar-refractivity contribution < 1.29 is 0 Å². The second-order valence-corrected chi connectivity index (χ2v) is 14.3. The Morgan fingerprint density at radius 3 is 1.89 bits per heavy atom. The number of rotatable bonds is 7. The van der Waals surface area contributed by atoms with E-state index in [-0.39, 0.29) is 11.0 Å². The van der Waals surface area contributed by atoms with E-state index in [1.807, 2.05) is 0 Å². The molecule has 2 aliphatic carbocycles. The number of nitrogens with zero attached hydrogens (tertiary/aromatic N) is 2. The Bertz CT molecular complexity index is 2000. The molecule has 0 fully saturated rings. The normalized spacial score (nSPS) is 16.0. The number of benzene rings is 5. The quantitative estimate of drug-likeness (QED) is 0.180. The third-order valence-corrected chi connectivity index (χ3v) is 9.74. The van der Waals surface area contributed by atoms with Crippen molar-refractivity contribution in [1.29, 1.82) is 0 Å². The molecule has 0 saturated heterocycles. The lowest BCUT2D eigenvalue weighted by Gasteiger charge is -2.44. The molecule has 234 valence electrons. The third-order valence-electron chi connectivity index (χ3n) is 9.74. The van der Waals surface area contributed by atoms with E-state index in [0.717, 1.165) is 23.5 Å². The smallest absolute Gasteiger partial charge is 0.0643 e. The fraction of sp³-hybridized carbons (Fsp3) is 0.200. The van der Waals surface area contributed by atoms with Crippen LogP contribution >= 0.6 is 0 Å². The monoisotopic (exact) mass is 612 g/mol. The summed E-state index contributed by atoms with van der Waals surface area (Å²) in [4.78, 5) is 4.91. The predicted octanol–water partition coefficient (Wildman–Crippen LogP) is 12.3. The molecule has 0 heterocycles. The highest BCUT2D eigenvalue weighted by atomic mass is 15.2. The zero-order valence-electron chi connectivity index (χ0n) is 28.2. The van der Waals surface area contributed by atoms with Crippen LogP contribution in [0.3, 0.4) is 0 Å². The molecule has 0 N–H and O–H groups in total. The minimum atomic E-state index is -0.291. The Balaban J connectivity index is 1.31. The van der Waals surface area contributed by atoms with Gasteiger partial charge in [0.15, 0.2) is 0 Å². The summed E-state index contributed by atoms with van der Waals surface area (Å²) < 4.78 is 0. The fourth-order valence-corrected chi connectivity index (χ4v) is 7.06. The molecule has 0 aromatic heterocycles. The molecule has 0 amide bonds. The van der Waals surface area contributed by atoms with Crippen molar-refractivity contribution in [2.45, 2.75) is 52.0 Å². The van der Waals surface area contributed by atoms with Crippen LogP contribution in [0.2, 0.25) is 0 Å². The number of hydrogen-bond donors (Lipinski definition) is 0. The summed E-state index contributed by atoms with van der Waals surface area (Å²) in [7, 11) is 0. The van der Waals surface area contributed by atoms with Gasteiger partial charge in [-0.1, -0.05) is 124 Å². The van der Waals surface area contributed by atoms with E-state index in [2.05, 4.69) is 202 Å². The maximum atomic E-state index is 2.56. The van der Waals surface area contributed by atoms with Gasteiger partial charge in [-0.25, -0.2) is 0 Å². The van der Waals surface area contributed by atoms with Gasteiger partial charge >= 0.3 is 0 Å². The van der Waals surface area contributed by atoms with Crippen molar-refractivity contribution in [3.05, 3.63) is 180 Å². The molecule has 47 heavy (non-hydrogen) atoms. The van der Waals surface area contributed by atoms with E-state index in [1.165, 1.54) is 38.9 Å². The van der Waals surface area contributed by atoms with Gasteiger partial charge in [0, 0.05) is 34.4 Å². The number of allylic oxidation sites excluding steroid dienone is 8. The van der Waals surface area contributed by atoms with Crippen LogP contribution in [0.5, 0.6) is 0 Å². The lowest BCUT2D eigenvalue weighted by atomic mass is 9.82. The molecule has 5 aromatic carbocycles. The number of fused-ring (bicyclic) bond motifs is 2. The number of para-hydroxylation sites is 1. The Kier molecular flexibility index (Phi) is 7.98. The van der Waals surface area contributed by atoms with Crippen LogP contribution in [-0.2, 0) is 11.0 Å². The SMILES string of the molecule is CC(C)(C)c1ccc(C(C)(C)N(C2=CC=C3C=CC=CC3C2)c2ccc(N(c3ccccc3)c3ccc4ccccc4c3)cc2)cc1. The molecule has 1 atom stereocenters. The minimum Gasteiger partial charge on any atom is -0.335 e. The Morgan fingerprint density at radius 1 is 0.553 bits per heavy atom. The van der Waals surface area contributed by atoms with Gasteiger partial charge < -0.3 is 9.80 Å². The zero-order valence-corrected chi connectivity index (χ0v) is 28.2. The van der Waals surface area contributed by atoms with Crippen LogP contribution in [0.1, 0.15) is 52.2 Å². The molecule has 2 heteroatoms. The predicted molar refractivity (Wildman–Crippen MR) is 202 cm³/mol. The van der Waals surface area contributed by atoms with Crippen molar-refractivity contribution in [3.8, 4) is 0 Å². The molecule has 0 aliphatic heterocycles. The standard InChI is InChI=1S/C45H44N2/c1-44(2,3)37-21-23-38(24-22-37)45(4,5)47(43-26-20-34-14-10-12-16-36(34)32-43)41-29-27-40(28-30-41)46(39-17-7-6-8-18-39)42-25-19-33-13-9-11-15-35(33)31-42/h6-31,36H,32H2,1-5H3. The number of hydrogen-bond acceptors (Lipinski definition) is 2. The largest absolute Gasteiger partial charge is 0.335 e. The summed E-state index contributed by atoms with van der Waals surface area (Å²) in [6.45, 7) is 11.5. The molecule has 2 aliphatic rings. The van der Waals surface area contributed by atoms with Crippen molar-refractivity contribution in [2.24, 2.45) is 5.92 Å². The first-order valence-corrected chi connectivity index (χ1v) is 16.8. The van der Waals surface area contributed by atoms with E-state index >= 15 is 0 Å². The first-order valence-electron chi connectivity index (χ1n) is 16.8. The fourth-order valence-electron chi connectivity index (χ4n) is 7.06. The molecule has 0 saturated carbocycles. The van der Waals surface area contributed by atoms with Crippen LogP contribution < -0.4 is 9.80 Å². The van der Waals surface area contributed by atoms with Gasteiger partial charge in [-0.15, -0.1) is 0 Å². The van der Waals surface area contributed by atoms with E-state index in [0.29, 0.717) is 5.92 Å². The van der Waals surface area contributed by atoms with Gasteiger partial charge in [0.05, 0.1) is 5.54 Å². The Morgan fingerprint density at radius 2 is 1.17 bits per heavy atom. The molecule has 5 aromatic rings. The van der Waals surface area contributed by atoms with Crippen LogP contribution in [0.25, 0.3) is 10.8 Å². The number of anilines is 4. The highest BCUT2D eigenvalue weighted by molar-refractivity contribution is 5.89. The van der Waals surface area contributed by atoms with Crippen LogP contribution in [-0.4, -0.2) is 0 Å². The molecule has 7 rings (SSSR count). The van der Waals surface area contributed by atoms with Gasteiger partial charge in [-0.2, -0.15) is 0 Å². The summed E-state index contributed by atoms with van der Waals surface area (Å²) >= 11 is 0. The van der Waals surface area contributed by atoms with E-state index in [4.69, 9.17) is 0 Å². The Hall–Kier alpha value is -5.08. The third kappa shape index (κ3) is 6.09. The molecule has 1 unspecified atom stereocenters. The molecular weight excluding hydrogens is 569 g/mol. The summed E-state index contributed by atoms with van der Waals surface area (Å²) in [5, 5.41) is 2.48. The second kappa shape index (κ2) is 12.3. The topological polar surface area (TPSA) is 6.48 Å². The first kappa shape index (κ1) is 30.6. The summed E-state index contributed by atoms with van der Waals surface area (Å²) in [5.74, 6) is 0.391. The van der Waals surface area contributed by atoms with E-state index < -0.39 is 0 Å². The minimum absolute atomic E-state index is 0.113. The Labute approximate surface area is 280 Å². The average molecular weight is 613 g/mol.